The van der Waals surface area contributed by atoms with E-state index in [9.17, 15) is 0 Å². The summed E-state index contributed by atoms with van der Waals surface area (Å²) in [6, 6.07) is 1.85. The van der Waals surface area contributed by atoms with E-state index in [1.807, 2.05) is 19.9 Å². The first-order valence-electron chi connectivity index (χ1n) is 6.58. The minimum atomic E-state index is 0.621. The van der Waals surface area contributed by atoms with Gasteiger partial charge in [-0.15, -0.1) is 0 Å². The van der Waals surface area contributed by atoms with Crippen LogP contribution in [0.15, 0.2) is 6.07 Å². The largest absolute Gasteiger partial charge is 0.478 e. The lowest BCUT2D eigenvalue weighted by Gasteiger charge is -2.22. The molecule has 1 aliphatic rings. The second-order valence-electron chi connectivity index (χ2n) is 4.54. The van der Waals surface area contributed by atoms with Crippen LogP contribution in [0.4, 0.5) is 5.95 Å². The van der Waals surface area contributed by atoms with Crippen molar-refractivity contribution in [1.82, 2.24) is 9.97 Å². The van der Waals surface area contributed by atoms with Crippen molar-refractivity contribution in [3.8, 4) is 5.88 Å². The van der Waals surface area contributed by atoms with Crippen molar-refractivity contribution in [2.45, 2.75) is 26.7 Å². The molecule has 0 saturated carbocycles. The Kier molecular flexibility index (Phi) is 4.75. The molecule has 1 aromatic heterocycles. The highest BCUT2D eigenvalue weighted by atomic mass is 16.5. The van der Waals surface area contributed by atoms with Gasteiger partial charge in [-0.2, -0.15) is 4.98 Å². The van der Waals surface area contributed by atoms with Gasteiger partial charge in [0.25, 0.3) is 0 Å². The predicted octanol–water partition coefficient (Wildman–Crippen LogP) is 2.02. The summed E-state index contributed by atoms with van der Waals surface area (Å²) >= 11 is 0. The molecule has 1 saturated heterocycles. The van der Waals surface area contributed by atoms with Crippen molar-refractivity contribution in [2.75, 3.05) is 31.7 Å². The molecule has 2 heterocycles. The summed E-state index contributed by atoms with van der Waals surface area (Å²) in [5.74, 6) is 1.95. The Hall–Kier alpha value is -1.36. The van der Waals surface area contributed by atoms with E-state index in [-0.39, 0.29) is 0 Å². The number of nitrogens with zero attached hydrogens (tertiary/aromatic N) is 2. The number of aryl methyl sites for hydroxylation is 1. The van der Waals surface area contributed by atoms with Crippen molar-refractivity contribution in [3.63, 3.8) is 0 Å². The van der Waals surface area contributed by atoms with Gasteiger partial charge in [0.15, 0.2) is 0 Å². The summed E-state index contributed by atoms with van der Waals surface area (Å²) < 4.78 is 10.8. The smallest absolute Gasteiger partial charge is 0.226 e. The Morgan fingerprint density at radius 3 is 2.89 bits per heavy atom. The third-order valence-corrected chi connectivity index (χ3v) is 3.01. The summed E-state index contributed by atoms with van der Waals surface area (Å²) in [6.07, 6.45) is 2.22. The molecule has 1 N–H and O–H groups in total. The zero-order valence-electron chi connectivity index (χ0n) is 11.1. The first kappa shape index (κ1) is 13.1. The Morgan fingerprint density at radius 2 is 2.17 bits per heavy atom. The van der Waals surface area contributed by atoms with Crippen LogP contribution in [0.2, 0.25) is 0 Å². The molecule has 100 valence electrons. The van der Waals surface area contributed by atoms with E-state index in [1.54, 1.807) is 0 Å². The monoisotopic (exact) mass is 251 g/mol. The van der Waals surface area contributed by atoms with Crippen molar-refractivity contribution < 1.29 is 9.47 Å². The van der Waals surface area contributed by atoms with E-state index in [0.717, 1.165) is 38.3 Å². The SMILES string of the molecule is CCOc1cc(C)nc(NCC2CCOCC2)n1. The highest BCUT2D eigenvalue weighted by Crippen LogP contribution is 2.16. The van der Waals surface area contributed by atoms with Crippen molar-refractivity contribution >= 4 is 5.95 Å². The maximum Gasteiger partial charge on any atom is 0.226 e. The number of nitrogens with one attached hydrogen (secondary N) is 1. The van der Waals surface area contributed by atoms with E-state index in [2.05, 4.69) is 15.3 Å². The lowest BCUT2D eigenvalue weighted by molar-refractivity contribution is 0.0699. The minimum absolute atomic E-state index is 0.621. The van der Waals surface area contributed by atoms with Crippen molar-refractivity contribution in [3.05, 3.63) is 11.8 Å². The fourth-order valence-electron chi connectivity index (χ4n) is 2.03. The molecule has 1 fully saturated rings. The van der Waals surface area contributed by atoms with Gasteiger partial charge in [0.2, 0.25) is 11.8 Å². The van der Waals surface area contributed by atoms with Gasteiger partial charge >= 0.3 is 0 Å². The van der Waals surface area contributed by atoms with Gasteiger partial charge in [-0.3, -0.25) is 0 Å². The van der Waals surface area contributed by atoms with Gasteiger partial charge < -0.3 is 14.8 Å². The Balaban J connectivity index is 1.91. The molecule has 0 aromatic carbocycles. The van der Waals surface area contributed by atoms with E-state index in [0.29, 0.717) is 24.4 Å². The van der Waals surface area contributed by atoms with E-state index < -0.39 is 0 Å². The summed E-state index contributed by atoms with van der Waals surface area (Å²) in [4.78, 5) is 8.70. The van der Waals surface area contributed by atoms with Crippen molar-refractivity contribution in [1.29, 1.82) is 0 Å². The molecule has 0 atom stereocenters. The second kappa shape index (κ2) is 6.54. The minimum Gasteiger partial charge on any atom is -0.478 e. The molecular weight excluding hydrogens is 230 g/mol. The average Bonchev–Trinajstić information content (AvgIpc) is 2.37. The summed E-state index contributed by atoms with van der Waals surface area (Å²) in [6.45, 7) is 7.15. The van der Waals surface area contributed by atoms with Crippen LogP contribution < -0.4 is 10.1 Å². The third-order valence-electron chi connectivity index (χ3n) is 3.01. The lowest BCUT2D eigenvalue weighted by Crippen LogP contribution is -2.23. The fraction of sp³-hybridized carbons (Fsp3) is 0.692. The molecule has 0 amide bonds. The first-order chi connectivity index (χ1) is 8.78. The van der Waals surface area contributed by atoms with Crippen LogP contribution in [0.3, 0.4) is 0 Å². The molecule has 0 spiro atoms. The van der Waals surface area contributed by atoms with Crippen LogP contribution in [-0.2, 0) is 4.74 Å². The summed E-state index contributed by atoms with van der Waals surface area (Å²) in [5.41, 5.74) is 0.919. The molecule has 1 aliphatic heterocycles. The van der Waals surface area contributed by atoms with E-state index >= 15 is 0 Å². The number of anilines is 1. The zero-order chi connectivity index (χ0) is 12.8. The number of hydrogen-bond acceptors (Lipinski definition) is 5. The van der Waals surface area contributed by atoms with Crippen LogP contribution >= 0.6 is 0 Å². The Labute approximate surface area is 108 Å². The van der Waals surface area contributed by atoms with Crippen LogP contribution in [-0.4, -0.2) is 36.3 Å². The number of rotatable bonds is 5. The number of aromatic nitrogens is 2. The topological polar surface area (TPSA) is 56.3 Å². The molecule has 5 nitrogen and oxygen atoms in total. The molecule has 0 radical (unpaired) electrons. The summed E-state index contributed by atoms with van der Waals surface area (Å²) in [7, 11) is 0. The second-order valence-corrected chi connectivity index (χ2v) is 4.54. The first-order valence-corrected chi connectivity index (χ1v) is 6.58. The van der Waals surface area contributed by atoms with Gasteiger partial charge in [0.1, 0.15) is 0 Å². The van der Waals surface area contributed by atoms with E-state index in [1.165, 1.54) is 0 Å². The molecular formula is C13H21N3O2. The van der Waals surface area contributed by atoms with E-state index in [4.69, 9.17) is 9.47 Å². The molecule has 1 aromatic rings. The highest BCUT2D eigenvalue weighted by molar-refractivity contribution is 5.30. The number of ether oxygens (including phenoxy) is 2. The molecule has 0 unspecified atom stereocenters. The van der Waals surface area contributed by atoms with Gasteiger partial charge in [-0.1, -0.05) is 0 Å². The predicted molar refractivity (Wildman–Crippen MR) is 70.0 cm³/mol. The number of hydrogen-bond donors (Lipinski definition) is 1. The highest BCUT2D eigenvalue weighted by Gasteiger charge is 2.14. The third kappa shape index (κ3) is 3.84. The van der Waals surface area contributed by atoms with Crippen LogP contribution in [0.1, 0.15) is 25.5 Å². The lowest BCUT2D eigenvalue weighted by atomic mass is 10.0. The normalized spacial score (nSPS) is 16.6. The van der Waals surface area contributed by atoms with Crippen molar-refractivity contribution in [2.24, 2.45) is 5.92 Å². The Morgan fingerprint density at radius 1 is 1.39 bits per heavy atom. The molecule has 2 rings (SSSR count). The zero-order valence-corrected chi connectivity index (χ0v) is 11.1. The molecule has 18 heavy (non-hydrogen) atoms. The maximum atomic E-state index is 5.41. The van der Waals surface area contributed by atoms with Crippen LogP contribution in [0.5, 0.6) is 5.88 Å². The Bertz CT molecular complexity index is 378. The molecule has 0 aliphatic carbocycles. The fourth-order valence-corrected chi connectivity index (χ4v) is 2.03. The van der Waals surface area contributed by atoms with Crippen LogP contribution in [0, 0.1) is 12.8 Å². The van der Waals surface area contributed by atoms with Gasteiger partial charge in [0, 0.05) is 31.5 Å². The average molecular weight is 251 g/mol. The maximum absolute atomic E-state index is 5.41. The molecule has 5 heteroatoms. The standard InChI is InChI=1S/C13H21N3O2/c1-3-18-12-8-10(2)15-13(16-12)14-9-11-4-6-17-7-5-11/h8,11H,3-7,9H2,1-2H3,(H,14,15,16). The summed E-state index contributed by atoms with van der Waals surface area (Å²) in [5, 5.41) is 3.30. The van der Waals surface area contributed by atoms with Gasteiger partial charge in [0.05, 0.1) is 6.61 Å². The van der Waals surface area contributed by atoms with Gasteiger partial charge in [-0.25, -0.2) is 4.98 Å². The van der Waals surface area contributed by atoms with Crippen LogP contribution in [0.25, 0.3) is 0 Å². The van der Waals surface area contributed by atoms with Gasteiger partial charge in [-0.05, 0) is 32.6 Å². The molecule has 0 bridgehead atoms. The quantitative estimate of drug-likeness (QED) is 0.867.